The molecule has 10 nitrogen and oxygen atoms in total. The van der Waals surface area contributed by atoms with Gasteiger partial charge in [-0.1, -0.05) is 34.6 Å². The zero-order valence-electron chi connectivity index (χ0n) is 23.7. The van der Waals surface area contributed by atoms with Gasteiger partial charge in [0, 0.05) is 31.6 Å². The van der Waals surface area contributed by atoms with Gasteiger partial charge in [-0.15, -0.1) is 0 Å². The van der Waals surface area contributed by atoms with Gasteiger partial charge in [-0.2, -0.15) is 0 Å². The van der Waals surface area contributed by atoms with Crippen LogP contribution in [0.4, 0.5) is 9.59 Å². The van der Waals surface area contributed by atoms with Crippen LogP contribution in [0, 0.1) is 11.3 Å². The third-order valence-corrected chi connectivity index (χ3v) is 7.86. The number of carbonyl (C=O) groups is 4. The van der Waals surface area contributed by atoms with E-state index in [1.807, 2.05) is 48.5 Å². The van der Waals surface area contributed by atoms with Gasteiger partial charge in [-0.3, -0.25) is 9.59 Å². The first-order valence-corrected chi connectivity index (χ1v) is 14.0. The number of rotatable bonds is 6. The maximum atomic E-state index is 14.0. The summed E-state index contributed by atoms with van der Waals surface area (Å²) in [4.78, 5) is 58.1. The van der Waals surface area contributed by atoms with Crippen molar-refractivity contribution >= 4 is 23.9 Å². The van der Waals surface area contributed by atoms with Crippen LogP contribution in [-0.4, -0.2) is 95.1 Å². The standard InChI is InChI=1S/C27H47N5O5/c1-8-18(4)23(33)29-22(27(5,6)7)24(34)31-15-12-19-21(31)20(16-32(19)25(35)28-17(2)3)37-26(36)30-13-10-9-11-14-30/h17-22H,8-16H2,1-7H3,(H,28,35)(H,29,33)/t18-,19-,20+,21+,22-/m1/s1. The summed E-state index contributed by atoms with van der Waals surface area (Å²) in [7, 11) is 0. The van der Waals surface area contributed by atoms with Crippen LogP contribution in [0.3, 0.4) is 0 Å². The lowest BCUT2D eigenvalue weighted by Crippen LogP contribution is -2.58. The van der Waals surface area contributed by atoms with Crippen LogP contribution in [0.1, 0.15) is 80.6 Å². The van der Waals surface area contributed by atoms with Crippen LogP contribution in [0.25, 0.3) is 0 Å². The number of amides is 5. The summed E-state index contributed by atoms with van der Waals surface area (Å²) in [5, 5.41) is 5.94. The van der Waals surface area contributed by atoms with E-state index in [4.69, 9.17) is 4.74 Å². The number of carbonyl (C=O) groups excluding carboxylic acids is 4. The predicted molar refractivity (Wildman–Crippen MR) is 141 cm³/mol. The SMILES string of the molecule is CC[C@@H](C)C(=O)N[C@H](C(=O)N1CC[C@@H]2[C@H]1[C@@H](OC(=O)N1CCCCC1)CN2C(=O)NC(C)C)C(C)(C)C. The molecule has 3 saturated heterocycles. The Morgan fingerprint density at radius 2 is 1.59 bits per heavy atom. The lowest BCUT2D eigenvalue weighted by atomic mass is 9.85. The molecule has 0 aliphatic carbocycles. The molecule has 210 valence electrons. The molecule has 3 heterocycles. The third-order valence-electron chi connectivity index (χ3n) is 7.86. The minimum absolute atomic E-state index is 0.0407. The first-order chi connectivity index (χ1) is 17.3. The average Bonchev–Trinajstić information content (AvgIpc) is 3.42. The van der Waals surface area contributed by atoms with E-state index in [1.165, 1.54) is 0 Å². The molecule has 5 atom stereocenters. The molecule has 3 fully saturated rings. The van der Waals surface area contributed by atoms with Crippen molar-refractivity contribution in [3.05, 3.63) is 0 Å². The summed E-state index contributed by atoms with van der Waals surface area (Å²) < 4.78 is 6.02. The monoisotopic (exact) mass is 521 g/mol. The molecule has 0 radical (unpaired) electrons. The Kier molecular flexibility index (Phi) is 9.34. The Morgan fingerprint density at radius 1 is 0.946 bits per heavy atom. The molecule has 0 aromatic rings. The van der Waals surface area contributed by atoms with Gasteiger partial charge in [0.1, 0.15) is 12.1 Å². The zero-order valence-corrected chi connectivity index (χ0v) is 23.7. The second kappa shape index (κ2) is 11.9. The average molecular weight is 522 g/mol. The molecule has 0 saturated carbocycles. The molecule has 0 unspecified atom stereocenters. The Labute approximate surface area is 221 Å². The maximum Gasteiger partial charge on any atom is 0.410 e. The van der Waals surface area contributed by atoms with Crippen LogP contribution >= 0.6 is 0 Å². The van der Waals surface area contributed by atoms with Gasteiger partial charge in [0.25, 0.3) is 0 Å². The lowest BCUT2D eigenvalue weighted by molar-refractivity contribution is -0.142. The van der Waals surface area contributed by atoms with E-state index in [0.717, 1.165) is 19.3 Å². The first-order valence-electron chi connectivity index (χ1n) is 14.0. The van der Waals surface area contributed by atoms with Crippen molar-refractivity contribution in [2.24, 2.45) is 11.3 Å². The van der Waals surface area contributed by atoms with Crippen molar-refractivity contribution in [1.29, 1.82) is 0 Å². The number of nitrogens with zero attached hydrogens (tertiary/aromatic N) is 3. The van der Waals surface area contributed by atoms with Crippen molar-refractivity contribution in [3.8, 4) is 0 Å². The highest BCUT2D eigenvalue weighted by Crippen LogP contribution is 2.36. The summed E-state index contributed by atoms with van der Waals surface area (Å²) in [6.07, 6.45) is 3.25. The van der Waals surface area contributed by atoms with E-state index < -0.39 is 23.6 Å². The van der Waals surface area contributed by atoms with E-state index in [1.54, 1.807) is 14.7 Å². The molecule has 0 aromatic carbocycles. The molecule has 10 heteroatoms. The normalized spacial score (nSPS) is 25.5. The molecule has 2 N–H and O–H groups in total. The quantitative estimate of drug-likeness (QED) is 0.558. The molecule has 37 heavy (non-hydrogen) atoms. The number of hydrogen-bond acceptors (Lipinski definition) is 5. The summed E-state index contributed by atoms with van der Waals surface area (Å²) in [5.74, 6) is -0.547. The van der Waals surface area contributed by atoms with Gasteiger partial charge in [-0.05, 0) is 51.4 Å². The van der Waals surface area contributed by atoms with Gasteiger partial charge in [0.05, 0.1) is 18.6 Å². The van der Waals surface area contributed by atoms with Crippen molar-refractivity contribution in [3.63, 3.8) is 0 Å². The Bertz CT molecular complexity index is 851. The zero-order chi connectivity index (χ0) is 27.5. The Balaban J connectivity index is 1.86. The number of urea groups is 1. The molecular weight excluding hydrogens is 474 g/mol. The number of likely N-dealkylation sites (tertiary alicyclic amines) is 3. The summed E-state index contributed by atoms with van der Waals surface area (Å²) in [6, 6.07) is -1.70. The smallest absolute Gasteiger partial charge is 0.410 e. The molecule has 3 aliphatic heterocycles. The van der Waals surface area contributed by atoms with Gasteiger partial charge in [0.15, 0.2) is 0 Å². The molecule has 0 aromatic heterocycles. The van der Waals surface area contributed by atoms with Crippen LogP contribution in [0.2, 0.25) is 0 Å². The fourth-order valence-electron chi connectivity index (χ4n) is 5.52. The van der Waals surface area contributed by atoms with Gasteiger partial charge < -0.3 is 30.1 Å². The largest absolute Gasteiger partial charge is 0.442 e. The highest BCUT2D eigenvalue weighted by Gasteiger charge is 2.55. The van der Waals surface area contributed by atoms with Gasteiger partial charge in [-0.25, -0.2) is 9.59 Å². The summed E-state index contributed by atoms with van der Waals surface area (Å²) >= 11 is 0. The van der Waals surface area contributed by atoms with E-state index in [9.17, 15) is 19.2 Å². The molecule has 3 aliphatic rings. The van der Waals surface area contributed by atoms with Crippen molar-refractivity contribution in [2.75, 3.05) is 26.2 Å². The van der Waals surface area contributed by atoms with Crippen LogP contribution in [0.15, 0.2) is 0 Å². The highest BCUT2D eigenvalue weighted by molar-refractivity contribution is 5.89. The van der Waals surface area contributed by atoms with Crippen LogP contribution in [0.5, 0.6) is 0 Å². The lowest BCUT2D eigenvalue weighted by Gasteiger charge is -2.37. The summed E-state index contributed by atoms with van der Waals surface area (Å²) in [6.45, 7) is 15.4. The fraction of sp³-hybridized carbons (Fsp3) is 0.852. The maximum absolute atomic E-state index is 14.0. The second-order valence-corrected chi connectivity index (χ2v) is 12.2. The van der Waals surface area contributed by atoms with Gasteiger partial charge in [0.2, 0.25) is 11.8 Å². The highest BCUT2D eigenvalue weighted by atomic mass is 16.6. The van der Waals surface area contributed by atoms with Crippen molar-refractivity contribution in [2.45, 2.75) is 111 Å². The van der Waals surface area contributed by atoms with E-state index >= 15 is 0 Å². The molecule has 5 amide bonds. The predicted octanol–water partition coefficient (Wildman–Crippen LogP) is 2.96. The molecule has 0 bridgehead atoms. The number of nitrogens with one attached hydrogen (secondary N) is 2. The van der Waals surface area contributed by atoms with Crippen LogP contribution in [-0.2, 0) is 14.3 Å². The number of ether oxygens (including phenoxy) is 1. The Hall–Kier alpha value is -2.52. The van der Waals surface area contributed by atoms with E-state index in [0.29, 0.717) is 32.5 Å². The van der Waals surface area contributed by atoms with E-state index in [-0.39, 0.29) is 48.5 Å². The minimum atomic E-state index is -0.732. The van der Waals surface area contributed by atoms with Crippen LogP contribution < -0.4 is 10.6 Å². The van der Waals surface area contributed by atoms with Gasteiger partial charge >= 0.3 is 12.1 Å². The topological polar surface area (TPSA) is 111 Å². The summed E-state index contributed by atoms with van der Waals surface area (Å²) in [5.41, 5.74) is -0.522. The number of fused-ring (bicyclic) bond motifs is 1. The fourth-order valence-corrected chi connectivity index (χ4v) is 5.52. The molecule has 0 spiro atoms. The molecule has 3 rings (SSSR count). The van der Waals surface area contributed by atoms with Crippen molar-refractivity contribution < 1.29 is 23.9 Å². The van der Waals surface area contributed by atoms with Crippen molar-refractivity contribution in [1.82, 2.24) is 25.3 Å². The minimum Gasteiger partial charge on any atom is -0.442 e. The number of hydrogen-bond donors (Lipinski definition) is 2. The number of piperidine rings is 1. The van der Waals surface area contributed by atoms with E-state index in [2.05, 4.69) is 10.6 Å². The second-order valence-electron chi connectivity index (χ2n) is 12.2. The Morgan fingerprint density at radius 3 is 2.16 bits per heavy atom. The molecular formula is C27H47N5O5. The first kappa shape index (κ1) is 29.0. The third kappa shape index (κ3) is 6.68.